The summed E-state index contributed by atoms with van der Waals surface area (Å²) in [6.07, 6.45) is -0.635. The topological polar surface area (TPSA) is 122 Å². The molecule has 5 rings (SSSR count). The SMILES string of the molecule is COCCOc1cc(F)cc(F)c1-c1c(-c2cc3n(n2)CCN(C(=O)OC(C)(C)C)[C@@H]3C)nc(OS(=O)(=O)C(F)(F)F)c2scc(F)c12. The first kappa shape index (κ1) is 35.2. The van der Waals surface area contributed by atoms with Gasteiger partial charge in [0.2, 0.25) is 0 Å². The number of hydrogen-bond acceptors (Lipinski definition) is 10. The number of halogens is 6. The molecule has 0 spiro atoms. The molecule has 0 saturated heterocycles. The molecule has 19 heteroatoms. The molecule has 0 aliphatic carbocycles. The summed E-state index contributed by atoms with van der Waals surface area (Å²) in [4.78, 5) is 18.4. The van der Waals surface area contributed by atoms with Crippen molar-refractivity contribution in [1.82, 2.24) is 19.7 Å². The number of benzene rings is 1. The van der Waals surface area contributed by atoms with Gasteiger partial charge in [-0.3, -0.25) is 9.58 Å². The first-order valence-electron chi connectivity index (χ1n) is 14.1. The predicted octanol–water partition coefficient (Wildman–Crippen LogP) is 6.81. The van der Waals surface area contributed by atoms with Crippen LogP contribution in [0.25, 0.3) is 32.6 Å². The van der Waals surface area contributed by atoms with Crippen LogP contribution in [0.4, 0.5) is 31.1 Å². The van der Waals surface area contributed by atoms with E-state index in [0.29, 0.717) is 23.1 Å². The van der Waals surface area contributed by atoms with E-state index in [9.17, 15) is 30.8 Å². The second kappa shape index (κ2) is 12.7. The normalized spacial score (nSPS) is 15.5. The molecular formula is C29H28F6N4O7S2. The summed E-state index contributed by atoms with van der Waals surface area (Å²) in [6.45, 7) is 6.72. The van der Waals surface area contributed by atoms with Crippen LogP contribution in [0.2, 0.25) is 0 Å². The van der Waals surface area contributed by atoms with Crippen molar-refractivity contribution in [1.29, 1.82) is 0 Å². The van der Waals surface area contributed by atoms with Gasteiger partial charge in [0.25, 0.3) is 5.88 Å². The van der Waals surface area contributed by atoms with Crippen molar-refractivity contribution in [3.8, 4) is 34.1 Å². The first-order valence-corrected chi connectivity index (χ1v) is 16.4. The van der Waals surface area contributed by atoms with Gasteiger partial charge in [0, 0.05) is 42.1 Å². The second-order valence-corrected chi connectivity index (χ2v) is 14.0. The number of methoxy groups -OCH3 is 1. The lowest BCUT2D eigenvalue weighted by atomic mass is 9.96. The second-order valence-electron chi connectivity index (χ2n) is 11.5. The van der Waals surface area contributed by atoms with Crippen molar-refractivity contribution in [2.45, 2.75) is 51.4 Å². The molecule has 1 aromatic carbocycles. The monoisotopic (exact) mass is 722 g/mol. The number of carbonyl (C=O) groups is 1. The average molecular weight is 723 g/mol. The first-order chi connectivity index (χ1) is 22.3. The molecule has 1 aliphatic rings. The van der Waals surface area contributed by atoms with Gasteiger partial charge in [-0.1, -0.05) is 0 Å². The van der Waals surface area contributed by atoms with E-state index in [4.69, 9.17) is 14.2 Å². The Balaban J connectivity index is 1.78. The van der Waals surface area contributed by atoms with Gasteiger partial charge in [0.05, 0.1) is 30.5 Å². The number of thiophene rings is 1. The molecule has 48 heavy (non-hydrogen) atoms. The molecule has 0 unspecified atom stereocenters. The zero-order chi connectivity index (χ0) is 35.3. The Hall–Kier alpha value is -4.10. The van der Waals surface area contributed by atoms with E-state index < -0.39 is 89.4 Å². The van der Waals surface area contributed by atoms with E-state index >= 15 is 8.78 Å². The quantitative estimate of drug-likeness (QED) is 0.0836. The van der Waals surface area contributed by atoms with Gasteiger partial charge >= 0.3 is 21.7 Å². The van der Waals surface area contributed by atoms with Crippen LogP contribution in [0.5, 0.6) is 11.6 Å². The Kier molecular flexibility index (Phi) is 9.34. The number of amides is 1. The number of nitrogens with zero attached hydrogens (tertiary/aromatic N) is 4. The van der Waals surface area contributed by atoms with Crippen LogP contribution in [-0.4, -0.2) is 72.2 Å². The number of aromatic nitrogens is 3. The molecule has 0 N–H and O–H groups in total. The molecular weight excluding hydrogens is 694 g/mol. The third-order valence-corrected chi connectivity index (χ3v) is 8.94. The molecule has 0 radical (unpaired) electrons. The molecule has 0 bridgehead atoms. The highest BCUT2D eigenvalue weighted by Gasteiger charge is 2.49. The molecule has 4 aromatic rings. The fraction of sp³-hybridized carbons (Fsp3) is 0.414. The van der Waals surface area contributed by atoms with Gasteiger partial charge in [0.1, 0.15) is 51.5 Å². The van der Waals surface area contributed by atoms with Gasteiger partial charge in [0.15, 0.2) is 0 Å². The van der Waals surface area contributed by atoms with E-state index in [-0.39, 0.29) is 32.0 Å². The summed E-state index contributed by atoms with van der Waals surface area (Å²) in [7, 11) is -4.96. The maximum Gasteiger partial charge on any atom is 0.534 e. The number of pyridine rings is 1. The highest BCUT2D eigenvalue weighted by atomic mass is 32.2. The van der Waals surface area contributed by atoms with Crippen molar-refractivity contribution in [2.24, 2.45) is 0 Å². The molecule has 4 heterocycles. The number of carbonyl (C=O) groups excluding carboxylic acids is 1. The minimum absolute atomic E-state index is 0.0210. The van der Waals surface area contributed by atoms with Crippen LogP contribution in [0, 0.1) is 17.5 Å². The number of rotatable bonds is 8. The molecule has 0 saturated carbocycles. The van der Waals surface area contributed by atoms with Gasteiger partial charge in [-0.05, 0) is 33.8 Å². The van der Waals surface area contributed by atoms with Crippen LogP contribution < -0.4 is 8.92 Å². The van der Waals surface area contributed by atoms with E-state index in [1.807, 2.05) is 0 Å². The van der Waals surface area contributed by atoms with Crippen molar-refractivity contribution < 1.29 is 57.9 Å². The predicted molar refractivity (Wildman–Crippen MR) is 160 cm³/mol. The molecule has 260 valence electrons. The van der Waals surface area contributed by atoms with Crippen LogP contribution in [-0.2, 0) is 26.1 Å². The van der Waals surface area contributed by atoms with Crippen molar-refractivity contribution in [2.75, 3.05) is 26.9 Å². The summed E-state index contributed by atoms with van der Waals surface area (Å²) >= 11 is 0.441. The average Bonchev–Trinajstić information content (AvgIpc) is 3.57. The fourth-order valence-electron chi connectivity index (χ4n) is 5.02. The summed E-state index contributed by atoms with van der Waals surface area (Å²) in [6, 6.07) is 1.98. The summed E-state index contributed by atoms with van der Waals surface area (Å²) in [5.74, 6) is -5.03. The molecule has 1 aliphatic heterocycles. The third-order valence-electron chi connectivity index (χ3n) is 7.06. The number of hydrogen-bond donors (Lipinski definition) is 0. The summed E-state index contributed by atoms with van der Waals surface area (Å²) in [5.41, 5.74) is -8.00. The number of fused-ring (bicyclic) bond motifs is 2. The lowest BCUT2D eigenvalue weighted by Crippen LogP contribution is -2.43. The summed E-state index contributed by atoms with van der Waals surface area (Å²) < 4.78 is 132. The van der Waals surface area contributed by atoms with Crippen molar-refractivity contribution in [3.05, 3.63) is 46.7 Å². The zero-order valence-electron chi connectivity index (χ0n) is 25.9. The summed E-state index contributed by atoms with van der Waals surface area (Å²) in [5, 5.41) is 4.70. The lowest BCUT2D eigenvalue weighted by Gasteiger charge is -2.35. The number of ether oxygens (including phenoxy) is 3. The fourth-order valence-corrected chi connectivity index (χ4v) is 6.34. The Labute approximate surface area is 274 Å². The Morgan fingerprint density at radius 3 is 2.40 bits per heavy atom. The van der Waals surface area contributed by atoms with Gasteiger partial charge in [-0.15, -0.1) is 11.3 Å². The maximum absolute atomic E-state index is 15.8. The highest BCUT2D eigenvalue weighted by Crippen LogP contribution is 2.48. The van der Waals surface area contributed by atoms with Gasteiger partial charge in [-0.25, -0.2) is 22.9 Å². The number of alkyl halides is 3. The van der Waals surface area contributed by atoms with E-state index in [2.05, 4.69) is 14.3 Å². The Morgan fingerprint density at radius 2 is 1.75 bits per heavy atom. The van der Waals surface area contributed by atoms with Crippen molar-refractivity contribution >= 4 is 37.6 Å². The molecule has 1 atom stereocenters. The molecule has 1 amide bonds. The van der Waals surface area contributed by atoms with E-state index in [0.717, 1.165) is 11.4 Å². The van der Waals surface area contributed by atoms with Crippen LogP contribution in [0.3, 0.4) is 0 Å². The zero-order valence-corrected chi connectivity index (χ0v) is 27.6. The molecule has 11 nitrogen and oxygen atoms in total. The van der Waals surface area contributed by atoms with E-state index in [1.54, 1.807) is 27.7 Å². The lowest BCUT2D eigenvalue weighted by molar-refractivity contribution is -0.0500. The minimum Gasteiger partial charge on any atom is -0.490 e. The standard InChI is InChI=1S/C29H28F6N4O7S2/c1-14-19-12-18(37-39(19)7-6-38(14)27(40)45-28(2,3)4)24-23(21-16(31)10-15(30)11-20(21)44-9-8-43-5)22-17(32)13-47-25(22)26(36-24)46-48(41,42)29(33,34)35/h10-14H,6-9H2,1-5H3/t14-/m1/s1. The Morgan fingerprint density at radius 1 is 1.04 bits per heavy atom. The third kappa shape index (κ3) is 6.75. The van der Waals surface area contributed by atoms with Crippen molar-refractivity contribution in [3.63, 3.8) is 0 Å². The van der Waals surface area contributed by atoms with Crippen LogP contribution >= 0.6 is 11.3 Å². The van der Waals surface area contributed by atoms with Gasteiger partial charge in [-0.2, -0.15) is 26.7 Å². The Bertz CT molecular complexity index is 1990. The van der Waals surface area contributed by atoms with Crippen LogP contribution in [0.15, 0.2) is 23.6 Å². The highest BCUT2D eigenvalue weighted by molar-refractivity contribution is 7.88. The minimum atomic E-state index is -6.31. The maximum atomic E-state index is 15.8. The molecule has 0 fully saturated rings. The van der Waals surface area contributed by atoms with Crippen LogP contribution in [0.1, 0.15) is 39.4 Å². The largest absolute Gasteiger partial charge is 0.534 e. The smallest absolute Gasteiger partial charge is 0.490 e. The van der Waals surface area contributed by atoms with Gasteiger partial charge < -0.3 is 18.4 Å². The van der Waals surface area contributed by atoms with E-state index in [1.165, 1.54) is 22.8 Å². The molecule has 3 aromatic heterocycles.